The summed E-state index contributed by atoms with van der Waals surface area (Å²) in [7, 11) is 0. The Hall–Kier alpha value is -2.09. The van der Waals surface area contributed by atoms with Crippen molar-refractivity contribution in [2.45, 2.75) is 12.5 Å². The van der Waals surface area contributed by atoms with Crippen LogP contribution in [-0.2, 0) is 16.0 Å². The van der Waals surface area contributed by atoms with E-state index in [1.807, 2.05) is 0 Å². The Balaban J connectivity index is 2.04. The summed E-state index contributed by atoms with van der Waals surface area (Å²) in [5, 5.41) is 19.5. The maximum Gasteiger partial charge on any atom is 0.327 e. The molecule has 8 heteroatoms. The van der Waals surface area contributed by atoms with E-state index in [0.29, 0.717) is 17.2 Å². The molecule has 2 rings (SSSR count). The first-order valence-electron chi connectivity index (χ1n) is 5.82. The van der Waals surface area contributed by atoms with Crippen molar-refractivity contribution in [1.82, 2.24) is 4.90 Å². The molecule has 1 fully saturated rings. The largest absolute Gasteiger partial charge is 0.480 e. The summed E-state index contributed by atoms with van der Waals surface area (Å²) in [5.41, 5.74) is 0.586. The van der Waals surface area contributed by atoms with Crippen molar-refractivity contribution in [2.24, 2.45) is 0 Å². The molecule has 1 aliphatic rings. The Labute approximate surface area is 118 Å². The number of carboxylic acid groups (broad SMARTS) is 1. The van der Waals surface area contributed by atoms with Gasteiger partial charge >= 0.3 is 5.97 Å². The monoisotopic (exact) mass is 296 g/mol. The van der Waals surface area contributed by atoms with E-state index in [4.69, 9.17) is 5.11 Å². The van der Waals surface area contributed by atoms with Crippen molar-refractivity contribution >= 4 is 29.3 Å². The molecule has 1 N–H and O–H groups in total. The van der Waals surface area contributed by atoms with E-state index < -0.39 is 16.9 Å². The van der Waals surface area contributed by atoms with E-state index in [2.05, 4.69) is 0 Å². The van der Waals surface area contributed by atoms with Gasteiger partial charge in [0.15, 0.2) is 0 Å². The number of benzene rings is 1. The lowest BCUT2D eigenvalue weighted by molar-refractivity contribution is -0.384. The molecule has 1 aromatic carbocycles. The Kier molecular flexibility index (Phi) is 4.23. The van der Waals surface area contributed by atoms with Crippen molar-refractivity contribution in [3.8, 4) is 0 Å². The summed E-state index contributed by atoms with van der Waals surface area (Å²) < 4.78 is 0. The summed E-state index contributed by atoms with van der Waals surface area (Å²) in [5.74, 6) is -0.535. The molecule has 0 aliphatic carbocycles. The highest BCUT2D eigenvalue weighted by atomic mass is 32.2. The number of rotatable bonds is 4. The molecule has 0 spiro atoms. The lowest BCUT2D eigenvalue weighted by Crippen LogP contribution is -2.42. The molecular formula is C12H12N2O5S. The van der Waals surface area contributed by atoms with Crippen LogP contribution in [0.3, 0.4) is 0 Å². The zero-order valence-corrected chi connectivity index (χ0v) is 11.2. The van der Waals surface area contributed by atoms with E-state index in [9.17, 15) is 19.7 Å². The van der Waals surface area contributed by atoms with Crippen LogP contribution in [0.25, 0.3) is 0 Å². The number of carbonyl (C=O) groups is 2. The van der Waals surface area contributed by atoms with Gasteiger partial charge in [-0.25, -0.2) is 4.79 Å². The van der Waals surface area contributed by atoms with Crippen LogP contribution in [0.15, 0.2) is 24.3 Å². The zero-order chi connectivity index (χ0) is 14.7. The average molecular weight is 296 g/mol. The van der Waals surface area contributed by atoms with E-state index in [0.717, 1.165) is 0 Å². The van der Waals surface area contributed by atoms with Crippen molar-refractivity contribution in [1.29, 1.82) is 0 Å². The second kappa shape index (κ2) is 5.91. The lowest BCUT2D eigenvalue weighted by atomic mass is 10.1. The van der Waals surface area contributed by atoms with Crippen LogP contribution in [-0.4, -0.2) is 44.5 Å². The van der Waals surface area contributed by atoms with Gasteiger partial charge in [-0.15, -0.1) is 11.8 Å². The van der Waals surface area contributed by atoms with Gasteiger partial charge in [0.1, 0.15) is 6.04 Å². The Morgan fingerprint density at radius 2 is 2.05 bits per heavy atom. The molecular weight excluding hydrogens is 284 g/mol. The number of hydrogen-bond donors (Lipinski definition) is 1. The minimum absolute atomic E-state index is 0.0404. The Morgan fingerprint density at radius 3 is 2.60 bits per heavy atom. The van der Waals surface area contributed by atoms with Crippen molar-refractivity contribution < 1.29 is 19.6 Å². The van der Waals surface area contributed by atoms with E-state index in [1.54, 1.807) is 0 Å². The number of thioether (sulfide) groups is 1. The van der Waals surface area contributed by atoms with Gasteiger partial charge in [0.25, 0.3) is 5.69 Å². The maximum atomic E-state index is 12.1. The Morgan fingerprint density at radius 1 is 1.40 bits per heavy atom. The second-order valence-electron chi connectivity index (χ2n) is 4.32. The first kappa shape index (κ1) is 14.3. The van der Waals surface area contributed by atoms with Gasteiger partial charge in [-0.2, -0.15) is 0 Å². The quantitative estimate of drug-likeness (QED) is 0.660. The third kappa shape index (κ3) is 3.08. The first-order valence-corrected chi connectivity index (χ1v) is 6.98. The lowest BCUT2D eigenvalue weighted by Gasteiger charge is -2.20. The Bertz CT molecular complexity index is 545. The van der Waals surface area contributed by atoms with Crippen LogP contribution in [0.1, 0.15) is 5.56 Å². The van der Waals surface area contributed by atoms with Crippen LogP contribution in [0.2, 0.25) is 0 Å². The van der Waals surface area contributed by atoms with Crippen LogP contribution in [0.5, 0.6) is 0 Å². The maximum absolute atomic E-state index is 12.1. The molecule has 0 saturated carbocycles. The summed E-state index contributed by atoms with van der Waals surface area (Å²) in [4.78, 5) is 34.4. The molecule has 1 saturated heterocycles. The third-order valence-electron chi connectivity index (χ3n) is 2.99. The van der Waals surface area contributed by atoms with Crippen molar-refractivity contribution in [2.75, 3.05) is 11.6 Å². The fourth-order valence-corrected chi connectivity index (χ4v) is 3.08. The second-order valence-corrected chi connectivity index (χ2v) is 5.32. The average Bonchev–Trinajstić information content (AvgIpc) is 2.88. The zero-order valence-electron chi connectivity index (χ0n) is 10.4. The van der Waals surface area contributed by atoms with Gasteiger partial charge in [-0.05, 0) is 5.56 Å². The molecule has 1 amide bonds. The molecule has 7 nitrogen and oxygen atoms in total. The molecule has 1 heterocycles. The highest BCUT2D eigenvalue weighted by Gasteiger charge is 2.34. The molecule has 1 aliphatic heterocycles. The normalized spacial score (nSPS) is 18.0. The highest BCUT2D eigenvalue weighted by Crippen LogP contribution is 2.22. The molecule has 1 aromatic rings. The van der Waals surface area contributed by atoms with Gasteiger partial charge in [-0.1, -0.05) is 12.1 Å². The molecule has 1 unspecified atom stereocenters. The molecule has 20 heavy (non-hydrogen) atoms. The molecule has 0 radical (unpaired) electrons. The predicted octanol–water partition coefficient (Wildman–Crippen LogP) is 1.12. The highest BCUT2D eigenvalue weighted by molar-refractivity contribution is 7.99. The third-order valence-corrected chi connectivity index (χ3v) is 4.00. The van der Waals surface area contributed by atoms with Gasteiger partial charge in [0.2, 0.25) is 5.91 Å². The fourth-order valence-electron chi connectivity index (χ4n) is 1.90. The minimum Gasteiger partial charge on any atom is -0.480 e. The fraction of sp³-hybridized carbons (Fsp3) is 0.333. The molecule has 1 atom stereocenters. The SMILES string of the molecule is O=C(O)C1CSCN1C(=O)Cc1ccc([N+](=O)[O-])cc1. The number of nitro benzene ring substituents is 1. The molecule has 0 aromatic heterocycles. The van der Waals surface area contributed by atoms with Crippen LogP contribution < -0.4 is 0 Å². The smallest absolute Gasteiger partial charge is 0.327 e. The van der Waals surface area contributed by atoms with Gasteiger partial charge in [0, 0.05) is 17.9 Å². The summed E-state index contributed by atoms with van der Waals surface area (Å²) in [6.45, 7) is 0. The number of amides is 1. The van der Waals surface area contributed by atoms with Crippen molar-refractivity contribution in [3.05, 3.63) is 39.9 Å². The van der Waals surface area contributed by atoms with Crippen LogP contribution in [0.4, 0.5) is 5.69 Å². The first-order chi connectivity index (χ1) is 9.49. The van der Waals surface area contributed by atoms with Crippen LogP contribution >= 0.6 is 11.8 Å². The summed E-state index contributed by atoms with van der Waals surface area (Å²) in [6.07, 6.45) is 0.0440. The van der Waals surface area contributed by atoms with E-state index >= 15 is 0 Å². The molecule has 0 bridgehead atoms. The number of carboxylic acids is 1. The minimum atomic E-state index is -1.01. The topological polar surface area (TPSA) is 101 Å². The van der Waals surface area contributed by atoms with Gasteiger partial charge in [-0.3, -0.25) is 14.9 Å². The predicted molar refractivity (Wildman–Crippen MR) is 72.4 cm³/mol. The number of aliphatic carboxylic acids is 1. The molecule has 106 valence electrons. The van der Waals surface area contributed by atoms with Crippen LogP contribution in [0, 0.1) is 10.1 Å². The van der Waals surface area contributed by atoms with E-state index in [1.165, 1.54) is 40.9 Å². The number of hydrogen-bond acceptors (Lipinski definition) is 5. The number of nitrogens with zero attached hydrogens (tertiary/aromatic N) is 2. The van der Waals surface area contributed by atoms with Gasteiger partial charge in [0.05, 0.1) is 17.2 Å². The number of nitro groups is 1. The number of non-ortho nitro benzene ring substituents is 1. The number of carbonyl (C=O) groups excluding carboxylic acids is 1. The standard InChI is InChI=1S/C12H12N2O5S/c15-11(13-7-20-6-10(13)12(16)17)5-8-1-3-9(4-2-8)14(18)19/h1-4,10H,5-7H2,(H,16,17). The van der Waals surface area contributed by atoms with Gasteiger partial charge < -0.3 is 10.0 Å². The van der Waals surface area contributed by atoms with Crippen molar-refractivity contribution in [3.63, 3.8) is 0 Å². The van der Waals surface area contributed by atoms with E-state index in [-0.39, 0.29) is 18.0 Å². The summed E-state index contributed by atoms with van der Waals surface area (Å²) >= 11 is 1.40. The summed E-state index contributed by atoms with van der Waals surface area (Å²) in [6, 6.07) is 4.89.